The van der Waals surface area contributed by atoms with Gasteiger partial charge in [-0.05, 0) is 74.1 Å². The van der Waals surface area contributed by atoms with Gasteiger partial charge in [-0.15, -0.1) is 0 Å². The van der Waals surface area contributed by atoms with E-state index in [0.717, 1.165) is 40.9 Å². The molecule has 2 aliphatic rings. The molecule has 3 aromatic carbocycles. The first-order valence-corrected chi connectivity index (χ1v) is 14.7. The Morgan fingerprint density at radius 1 is 0.952 bits per heavy atom. The maximum atomic E-state index is 13.6. The molecule has 42 heavy (non-hydrogen) atoms. The molecule has 4 aromatic rings. The van der Waals surface area contributed by atoms with Crippen LogP contribution < -0.4 is 5.32 Å². The van der Waals surface area contributed by atoms with Gasteiger partial charge >= 0.3 is 5.97 Å². The van der Waals surface area contributed by atoms with Gasteiger partial charge in [0.25, 0.3) is 11.8 Å². The molecule has 2 aliphatic heterocycles. The predicted molar refractivity (Wildman–Crippen MR) is 161 cm³/mol. The summed E-state index contributed by atoms with van der Waals surface area (Å²) in [6.45, 7) is 1.77. The summed E-state index contributed by atoms with van der Waals surface area (Å²) < 4.78 is 0. The third-order valence-corrected chi connectivity index (χ3v) is 8.75. The molecule has 0 saturated carbocycles. The lowest BCUT2D eigenvalue weighted by Gasteiger charge is -2.45. The van der Waals surface area contributed by atoms with Crippen LogP contribution in [0, 0.1) is 0 Å². The lowest BCUT2D eigenvalue weighted by Crippen LogP contribution is -2.53. The third-order valence-electron chi connectivity index (χ3n) is 8.49. The van der Waals surface area contributed by atoms with Gasteiger partial charge in [0.1, 0.15) is 0 Å². The molecule has 2 amide bonds. The molecule has 1 saturated heterocycles. The maximum Gasteiger partial charge on any atom is 0.303 e. The zero-order valence-corrected chi connectivity index (χ0v) is 23.9. The van der Waals surface area contributed by atoms with Crippen LogP contribution in [0.25, 0.3) is 22.3 Å². The van der Waals surface area contributed by atoms with E-state index < -0.39 is 5.97 Å². The smallest absolute Gasteiger partial charge is 0.303 e. The molecule has 0 aliphatic carbocycles. The number of aromatic nitrogens is 2. The van der Waals surface area contributed by atoms with Crippen molar-refractivity contribution in [2.45, 2.75) is 43.9 Å². The second kappa shape index (κ2) is 11.5. The van der Waals surface area contributed by atoms with Crippen molar-refractivity contribution in [1.82, 2.24) is 20.2 Å². The summed E-state index contributed by atoms with van der Waals surface area (Å²) in [6.07, 6.45) is 3.41. The van der Waals surface area contributed by atoms with Crippen molar-refractivity contribution in [1.29, 1.82) is 0 Å². The molecule has 0 bridgehead atoms. The quantitative estimate of drug-likeness (QED) is 0.272. The van der Waals surface area contributed by atoms with Gasteiger partial charge in [-0.2, -0.15) is 0 Å². The van der Waals surface area contributed by atoms with E-state index in [1.54, 1.807) is 24.3 Å². The Labute approximate surface area is 248 Å². The lowest BCUT2D eigenvalue weighted by molar-refractivity contribution is -0.137. The number of unbranched alkanes of at least 4 members (excludes halogenated alkanes) is 1. The number of aryl methyl sites for hydroxylation is 1. The standard InChI is InChI=1S/C33H31ClN4O4/c34-23-12-9-21(10-13-23)30-27(7-3-4-8-29(39)40)36-28-19-22(11-14-26(28)37-30)32(42)38-17-15-33(16-18-38)20-35-31(41)24-5-1-2-6-25(24)33/h1-2,5-6,9-14,19H,3-4,7-8,15-18,20H2,(H,35,41)(H,39,40). The number of aliphatic carboxylic acids is 1. The van der Waals surface area contributed by atoms with Crippen LogP contribution in [0.15, 0.2) is 66.7 Å². The van der Waals surface area contributed by atoms with Gasteiger partial charge in [-0.25, -0.2) is 9.97 Å². The summed E-state index contributed by atoms with van der Waals surface area (Å²) in [5.41, 5.74) is 5.88. The number of hydrogen-bond acceptors (Lipinski definition) is 5. The van der Waals surface area contributed by atoms with E-state index in [2.05, 4.69) is 5.32 Å². The van der Waals surface area contributed by atoms with Crippen molar-refractivity contribution >= 4 is 40.4 Å². The number of rotatable bonds is 7. The highest BCUT2D eigenvalue weighted by molar-refractivity contribution is 6.30. The Hall–Kier alpha value is -4.30. The van der Waals surface area contributed by atoms with Crippen molar-refractivity contribution in [3.8, 4) is 11.3 Å². The first kappa shape index (κ1) is 27.8. The van der Waals surface area contributed by atoms with Gasteiger partial charge in [0.15, 0.2) is 0 Å². The van der Waals surface area contributed by atoms with Gasteiger partial charge < -0.3 is 15.3 Å². The number of fused-ring (bicyclic) bond motifs is 3. The van der Waals surface area contributed by atoms with Crippen LogP contribution in [-0.2, 0) is 16.6 Å². The normalized spacial score (nSPS) is 15.8. The van der Waals surface area contributed by atoms with Crippen molar-refractivity contribution in [2.24, 2.45) is 0 Å². The van der Waals surface area contributed by atoms with E-state index in [-0.39, 0.29) is 23.7 Å². The van der Waals surface area contributed by atoms with Gasteiger partial charge in [0, 0.05) is 53.2 Å². The van der Waals surface area contributed by atoms with E-state index in [9.17, 15) is 14.4 Å². The number of benzene rings is 3. The molecule has 0 radical (unpaired) electrons. The highest BCUT2D eigenvalue weighted by Gasteiger charge is 2.42. The highest BCUT2D eigenvalue weighted by atomic mass is 35.5. The average molecular weight is 583 g/mol. The van der Waals surface area contributed by atoms with E-state index in [4.69, 9.17) is 26.7 Å². The average Bonchev–Trinajstić information content (AvgIpc) is 3.01. The van der Waals surface area contributed by atoms with Gasteiger partial charge in [-0.1, -0.05) is 41.9 Å². The van der Waals surface area contributed by atoms with Gasteiger partial charge in [0.05, 0.1) is 22.4 Å². The largest absolute Gasteiger partial charge is 0.481 e. The zero-order valence-electron chi connectivity index (χ0n) is 23.1. The number of carbonyl (C=O) groups is 3. The Morgan fingerprint density at radius 2 is 1.71 bits per heavy atom. The summed E-state index contributed by atoms with van der Waals surface area (Å²) >= 11 is 6.10. The number of likely N-dealkylation sites (tertiary alicyclic amines) is 1. The van der Waals surface area contributed by atoms with Crippen LogP contribution in [0.3, 0.4) is 0 Å². The molecule has 1 spiro atoms. The summed E-state index contributed by atoms with van der Waals surface area (Å²) in [5, 5.41) is 12.7. The SMILES string of the molecule is O=C(O)CCCCc1nc2cc(C(=O)N3CCC4(CC3)CNC(=O)c3ccccc34)ccc2nc1-c1ccc(Cl)cc1. The number of nitrogens with one attached hydrogen (secondary N) is 1. The van der Waals surface area contributed by atoms with E-state index >= 15 is 0 Å². The number of carbonyl (C=O) groups excluding carboxylic acids is 2. The monoisotopic (exact) mass is 582 g/mol. The number of carboxylic acids is 1. The molecule has 0 unspecified atom stereocenters. The molecule has 0 atom stereocenters. The van der Waals surface area contributed by atoms with Crippen LogP contribution in [0.4, 0.5) is 0 Å². The summed E-state index contributed by atoms with van der Waals surface area (Å²) in [5.74, 6) is -0.902. The van der Waals surface area contributed by atoms with Crippen LogP contribution in [-0.4, -0.2) is 57.4 Å². The molecule has 2 N–H and O–H groups in total. The maximum absolute atomic E-state index is 13.6. The molecule has 3 heterocycles. The third kappa shape index (κ3) is 5.46. The minimum Gasteiger partial charge on any atom is -0.481 e. The Kier molecular flexibility index (Phi) is 7.64. The highest BCUT2D eigenvalue weighted by Crippen LogP contribution is 2.39. The number of amides is 2. The fourth-order valence-corrected chi connectivity index (χ4v) is 6.28. The Balaban J connectivity index is 1.24. The molecule has 6 rings (SSSR count). The Morgan fingerprint density at radius 3 is 2.48 bits per heavy atom. The topological polar surface area (TPSA) is 112 Å². The van der Waals surface area contributed by atoms with Crippen molar-refractivity contribution < 1.29 is 19.5 Å². The second-order valence-corrected chi connectivity index (χ2v) is 11.6. The molecule has 1 fully saturated rings. The minimum absolute atomic E-state index is 0.0347. The number of halogens is 1. The number of carboxylic acid groups (broad SMARTS) is 1. The number of hydrogen-bond donors (Lipinski definition) is 2. The predicted octanol–water partition coefficient (Wildman–Crippen LogP) is 5.67. The van der Waals surface area contributed by atoms with Gasteiger partial charge in [-0.3, -0.25) is 14.4 Å². The van der Waals surface area contributed by atoms with Gasteiger partial charge in [0.2, 0.25) is 0 Å². The van der Waals surface area contributed by atoms with E-state index in [1.807, 2.05) is 47.4 Å². The minimum atomic E-state index is -0.818. The van der Waals surface area contributed by atoms with Crippen LogP contribution in [0.1, 0.15) is 64.1 Å². The lowest BCUT2D eigenvalue weighted by atomic mass is 9.69. The van der Waals surface area contributed by atoms with Crippen molar-refractivity contribution in [3.63, 3.8) is 0 Å². The summed E-state index contributed by atoms with van der Waals surface area (Å²) in [6, 6.07) is 20.6. The van der Waals surface area contributed by atoms with E-state index in [0.29, 0.717) is 60.5 Å². The zero-order chi connectivity index (χ0) is 29.3. The number of nitrogens with zero attached hydrogens (tertiary/aromatic N) is 3. The van der Waals surface area contributed by atoms with Crippen LogP contribution >= 0.6 is 11.6 Å². The molecular formula is C33H31ClN4O4. The fraction of sp³-hybridized carbons (Fsp3) is 0.303. The van der Waals surface area contributed by atoms with Crippen molar-refractivity contribution in [3.05, 3.63) is 94.1 Å². The summed E-state index contributed by atoms with van der Waals surface area (Å²) in [7, 11) is 0. The summed E-state index contributed by atoms with van der Waals surface area (Å²) in [4.78, 5) is 48.7. The van der Waals surface area contributed by atoms with Crippen molar-refractivity contribution in [2.75, 3.05) is 19.6 Å². The fourth-order valence-electron chi connectivity index (χ4n) is 6.16. The molecule has 1 aromatic heterocycles. The first-order valence-electron chi connectivity index (χ1n) is 14.3. The van der Waals surface area contributed by atoms with E-state index in [1.165, 1.54) is 0 Å². The molecule has 214 valence electrons. The number of piperidine rings is 1. The molecule has 8 nitrogen and oxygen atoms in total. The molecular weight excluding hydrogens is 552 g/mol. The van der Waals surface area contributed by atoms with Crippen LogP contribution in [0.5, 0.6) is 0 Å². The Bertz CT molecular complexity index is 1680. The molecule has 9 heteroatoms. The second-order valence-electron chi connectivity index (χ2n) is 11.1. The first-order chi connectivity index (χ1) is 20.3. The van der Waals surface area contributed by atoms with Crippen LogP contribution in [0.2, 0.25) is 5.02 Å².